The molecular weight excluding hydrogens is 192 g/mol. The zero-order chi connectivity index (χ0) is 10.3. The smallest absolute Gasteiger partial charge is 0.176 e. The lowest BCUT2D eigenvalue weighted by atomic mass is 10.0. The third kappa shape index (κ3) is 1.20. The maximum absolute atomic E-state index is 5.36. The number of para-hydroxylation sites is 1. The molecule has 1 aliphatic heterocycles. The average molecular weight is 206 g/mol. The number of nitrogens with zero attached hydrogens (tertiary/aromatic N) is 2. The molecule has 0 saturated heterocycles. The van der Waals surface area contributed by atoms with Gasteiger partial charge in [-0.15, -0.1) is 0 Å². The lowest BCUT2D eigenvalue weighted by molar-refractivity contribution is 0.394. The van der Waals surface area contributed by atoms with Crippen molar-refractivity contribution in [2.75, 3.05) is 19.0 Å². The summed E-state index contributed by atoms with van der Waals surface area (Å²) in [4.78, 5) is 4.18. The zero-order valence-electron chi connectivity index (χ0n) is 8.69. The summed E-state index contributed by atoms with van der Waals surface area (Å²) in [7, 11) is 4.06. The van der Waals surface area contributed by atoms with E-state index in [1.165, 1.54) is 11.3 Å². The normalized spacial score (nSPS) is 21.1. The molecule has 1 unspecified atom stereocenters. The van der Waals surface area contributed by atoms with Crippen LogP contribution in [0.5, 0.6) is 0 Å². The van der Waals surface area contributed by atoms with E-state index in [0.29, 0.717) is 6.04 Å². The van der Waals surface area contributed by atoms with Crippen molar-refractivity contribution in [3.05, 3.63) is 29.8 Å². The maximum Gasteiger partial charge on any atom is 0.176 e. The summed E-state index contributed by atoms with van der Waals surface area (Å²) in [5.41, 5.74) is 2.56. The van der Waals surface area contributed by atoms with Crippen LogP contribution in [0.4, 0.5) is 5.69 Å². The van der Waals surface area contributed by atoms with Crippen molar-refractivity contribution in [2.24, 2.45) is 0 Å². The van der Waals surface area contributed by atoms with E-state index in [9.17, 15) is 0 Å². The Kier molecular flexibility index (Phi) is 2.19. The Morgan fingerprint density at radius 3 is 2.57 bits per heavy atom. The Morgan fingerprint density at radius 2 is 1.86 bits per heavy atom. The lowest BCUT2D eigenvalue weighted by Gasteiger charge is -2.40. The van der Waals surface area contributed by atoms with Gasteiger partial charge in [0.15, 0.2) is 5.11 Å². The summed E-state index contributed by atoms with van der Waals surface area (Å²) in [5, 5.41) is 0.885. The van der Waals surface area contributed by atoms with Gasteiger partial charge in [-0.25, -0.2) is 0 Å². The topological polar surface area (TPSA) is 6.48 Å². The van der Waals surface area contributed by atoms with Crippen LogP contribution in [-0.4, -0.2) is 24.1 Å². The van der Waals surface area contributed by atoms with Gasteiger partial charge in [0, 0.05) is 19.8 Å². The standard InChI is InChI=1S/C11H14N2S/c1-8-9-6-4-5-7-10(9)13(3)11(14)12(8)2/h4-8H,1-3H3. The molecule has 1 heterocycles. The number of thiocarbonyl (C=S) groups is 1. The number of hydrogen-bond acceptors (Lipinski definition) is 1. The number of benzene rings is 1. The van der Waals surface area contributed by atoms with E-state index in [1.54, 1.807) is 0 Å². The molecule has 0 bridgehead atoms. The molecule has 14 heavy (non-hydrogen) atoms. The molecule has 0 radical (unpaired) electrons. The second kappa shape index (κ2) is 3.24. The van der Waals surface area contributed by atoms with Crippen LogP contribution in [0.3, 0.4) is 0 Å². The minimum absolute atomic E-state index is 0.370. The van der Waals surface area contributed by atoms with Crippen LogP contribution in [0.1, 0.15) is 18.5 Å². The third-order valence-electron chi connectivity index (χ3n) is 2.92. The molecule has 0 amide bonds. The van der Waals surface area contributed by atoms with Gasteiger partial charge in [0.2, 0.25) is 0 Å². The molecule has 1 atom stereocenters. The molecule has 74 valence electrons. The third-order valence-corrected chi connectivity index (χ3v) is 3.48. The monoisotopic (exact) mass is 206 g/mol. The van der Waals surface area contributed by atoms with Crippen molar-refractivity contribution in [3.63, 3.8) is 0 Å². The summed E-state index contributed by atoms with van der Waals surface area (Å²) >= 11 is 5.36. The first-order valence-corrected chi connectivity index (χ1v) is 5.13. The molecule has 3 heteroatoms. The molecule has 0 fully saturated rings. The fourth-order valence-corrected chi connectivity index (χ4v) is 2.12. The van der Waals surface area contributed by atoms with Crippen molar-refractivity contribution < 1.29 is 0 Å². The molecule has 1 aromatic rings. The lowest BCUT2D eigenvalue weighted by Crippen LogP contribution is -2.44. The van der Waals surface area contributed by atoms with Crippen LogP contribution in [0.25, 0.3) is 0 Å². The van der Waals surface area contributed by atoms with Crippen LogP contribution in [0, 0.1) is 0 Å². The molecule has 1 aliphatic rings. The van der Waals surface area contributed by atoms with E-state index in [1.807, 2.05) is 14.1 Å². The van der Waals surface area contributed by atoms with Gasteiger partial charge >= 0.3 is 0 Å². The van der Waals surface area contributed by atoms with Gasteiger partial charge in [0.05, 0.1) is 6.04 Å². The van der Waals surface area contributed by atoms with E-state index in [-0.39, 0.29) is 0 Å². The van der Waals surface area contributed by atoms with Crippen molar-refractivity contribution in [2.45, 2.75) is 13.0 Å². The molecule has 0 spiro atoms. The summed E-state index contributed by atoms with van der Waals surface area (Å²) in [6.45, 7) is 2.18. The van der Waals surface area contributed by atoms with Crippen LogP contribution in [0.2, 0.25) is 0 Å². The minimum atomic E-state index is 0.370. The Hall–Kier alpha value is -1.09. The van der Waals surface area contributed by atoms with Crippen LogP contribution >= 0.6 is 12.2 Å². The van der Waals surface area contributed by atoms with Crippen LogP contribution in [0.15, 0.2) is 24.3 Å². The summed E-state index contributed by atoms with van der Waals surface area (Å²) < 4.78 is 0. The fourth-order valence-electron chi connectivity index (χ4n) is 1.86. The van der Waals surface area contributed by atoms with Gasteiger partial charge < -0.3 is 9.80 Å². The van der Waals surface area contributed by atoms with E-state index in [0.717, 1.165) is 5.11 Å². The molecule has 0 aliphatic carbocycles. The second-order valence-corrected chi connectivity index (χ2v) is 4.05. The largest absolute Gasteiger partial charge is 0.345 e. The van der Waals surface area contributed by atoms with E-state index in [2.05, 4.69) is 41.0 Å². The van der Waals surface area contributed by atoms with Gasteiger partial charge in [0.1, 0.15) is 0 Å². The Labute approximate surface area is 90.1 Å². The van der Waals surface area contributed by atoms with Crippen molar-refractivity contribution in [1.82, 2.24) is 4.90 Å². The van der Waals surface area contributed by atoms with Crippen LogP contribution < -0.4 is 4.90 Å². The quantitative estimate of drug-likeness (QED) is 0.602. The zero-order valence-corrected chi connectivity index (χ0v) is 9.51. The molecular formula is C11H14N2S. The molecule has 1 aromatic carbocycles. The number of anilines is 1. The van der Waals surface area contributed by atoms with Crippen molar-refractivity contribution in [1.29, 1.82) is 0 Å². The Bertz CT molecular complexity index is 375. The summed E-state index contributed by atoms with van der Waals surface area (Å²) in [6.07, 6.45) is 0. The highest BCUT2D eigenvalue weighted by Gasteiger charge is 2.27. The first kappa shape index (κ1) is 9.46. The molecule has 2 rings (SSSR count). The molecule has 0 saturated carbocycles. The molecule has 0 aromatic heterocycles. The summed E-state index contributed by atoms with van der Waals surface area (Å²) in [6, 6.07) is 8.77. The SMILES string of the molecule is CC1c2ccccc2N(C)C(=S)N1C. The van der Waals surface area contributed by atoms with Crippen molar-refractivity contribution in [3.8, 4) is 0 Å². The average Bonchev–Trinajstić information content (AvgIpc) is 2.23. The Morgan fingerprint density at radius 1 is 1.21 bits per heavy atom. The second-order valence-electron chi connectivity index (χ2n) is 3.69. The van der Waals surface area contributed by atoms with Gasteiger partial charge in [-0.2, -0.15) is 0 Å². The number of hydrogen-bond donors (Lipinski definition) is 0. The van der Waals surface area contributed by atoms with E-state index < -0.39 is 0 Å². The summed E-state index contributed by atoms with van der Waals surface area (Å²) in [5.74, 6) is 0. The first-order chi connectivity index (χ1) is 6.63. The Balaban J connectivity index is 2.56. The van der Waals surface area contributed by atoms with Gasteiger partial charge in [0.25, 0.3) is 0 Å². The fraction of sp³-hybridized carbons (Fsp3) is 0.364. The first-order valence-electron chi connectivity index (χ1n) is 4.72. The van der Waals surface area contributed by atoms with E-state index in [4.69, 9.17) is 12.2 Å². The van der Waals surface area contributed by atoms with Crippen molar-refractivity contribution >= 4 is 23.0 Å². The molecule has 2 nitrogen and oxygen atoms in total. The predicted octanol–water partition coefficient (Wildman–Crippen LogP) is 2.41. The number of rotatable bonds is 0. The maximum atomic E-state index is 5.36. The number of fused-ring (bicyclic) bond motifs is 1. The van der Waals surface area contributed by atoms with E-state index >= 15 is 0 Å². The van der Waals surface area contributed by atoms with Crippen LogP contribution in [-0.2, 0) is 0 Å². The van der Waals surface area contributed by atoms with Gasteiger partial charge in [-0.3, -0.25) is 0 Å². The molecule has 0 N–H and O–H groups in total. The highest BCUT2D eigenvalue weighted by molar-refractivity contribution is 7.80. The van der Waals surface area contributed by atoms with Gasteiger partial charge in [-0.1, -0.05) is 18.2 Å². The highest BCUT2D eigenvalue weighted by Crippen LogP contribution is 2.34. The van der Waals surface area contributed by atoms with Gasteiger partial charge in [-0.05, 0) is 30.8 Å². The highest BCUT2D eigenvalue weighted by atomic mass is 32.1. The predicted molar refractivity (Wildman–Crippen MR) is 63.6 cm³/mol. The minimum Gasteiger partial charge on any atom is -0.345 e.